The Kier molecular flexibility index (Phi) is 5.57. The van der Waals surface area contributed by atoms with Gasteiger partial charge in [-0.2, -0.15) is 0 Å². The molecule has 2 rings (SSSR count). The smallest absolute Gasteiger partial charge is 0.185 e. The molecule has 0 aliphatic carbocycles. The second kappa shape index (κ2) is 7.20. The normalized spacial score (nSPS) is 10.8. The van der Waals surface area contributed by atoms with Crippen LogP contribution in [0.2, 0.25) is 0 Å². The van der Waals surface area contributed by atoms with E-state index in [4.69, 9.17) is 0 Å². The number of anilines is 1. The number of nitrogens with zero attached hydrogens (tertiary/aromatic N) is 2. The number of aromatic nitrogens is 1. The highest BCUT2D eigenvalue weighted by Crippen LogP contribution is 2.27. The van der Waals surface area contributed by atoms with Crippen LogP contribution in [0.3, 0.4) is 0 Å². The van der Waals surface area contributed by atoms with Gasteiger partial charge in [0.1, 0.15) is 0 Å². The molecule has 0 aliphatic rings. The summed E-state index contributed by atoms with van der Waals surface area (Å²) < 4.78 is 1.15. The van der Waals surface area contributed by atoms with Crippen molar-refractivity contribution >= 4 is 32.4 Å². The Balaban J connectivity index is 2.09. The topological polar surface area (TPSA) is 28.2 Å². The van der Waals surface area contributed by atoms with Crippen LogP contribution in [0.25, 0.3) is 0 Å². The van der Waals surface area contributed by atoms with Gasteiger partial charge in [0.05, 0.1) is 5.69 Å². The summed E-state index contributed by atoms with van der Waals surface area (Å²) in [4.78, 5) is 8.20. The molecule has 1 heterocycles. The van der Waals surface area contributed by atoms with Crippen LogP contribution in [0.15, 0.2) is 28.7 Å². The van der Waals surface area contributed by atoms with Crippen molar-refractivity contribution in [2.75, 3.05) is 18.5 Å². The number of aryl methyl sites for hydroxylation is 1. The van der Waals surface area contributed by atoms with Crippen LogP contribution in [0, 0.1) is 6.92 Å². The summed E-state index contributed by atoms with van der Waals surface area (Å²) in [7, 11) is 2.09. The van der Waals surface area contributed by atoms with Gasteiger partial charge in [0, 0.05) is 29.5 Å². The second-order valence-electron chi connectivity index (χ2n) is 4.73. The minimum atomic E-state index is 0.856. The fourth-order valence-corrected chi connectivity index (χ4v) is 3.33. The van der Waals surface area contributed by atoms with E-state index in [2.05, 4.69) is 70.2 Å². The third kappa shape index (κ3) is 3.81. The Morgan fingerprint density at radius 2 is 2.10 bits per heavy atom. The molecule has 0 spiro atoms. The first kappa shape index (κ1) is 15.5. The van der Waals surface area contributed by atoms with Crippen LogP contribution >= 0.6 is 27.3 Å². The average molecular weight is 354 g/mol. The molecule has 0 amide bonds. The van der Waals surface area contributed by atoms with E-state index in [1.807, 2.05) is 6.07 Å². The van der Waals surface area contributed by atoms with E-state index < -0.39 is 0 Å². The van der Waals surface area contributed by atoms with Gasteiger partial charge >= 0.3 is 0 Å². The number of hydrogen-bond donors (Lipinski definition) is 1. The number of nitrogens with one attached hydrogen (secondary N) is 1. The Morgan fingerprint density at radius 3 is 2.80 bits per heavy atom. The van der Waals surface area contributed by atoms with Gasteiger partial charge in [-0.1, -0.05) is 41.1 Å². The van der Waals surface area contributed by atoms with Gasteiger partial charge in [0.25, 0.3) is 0 Å². The summed E-state index contributed by atoms with van der Waals surface area (Å²) >= 11 is 5.37. The Hall–Kier alpha value is -0.910. The van der Waals surface area contributed by atoms with Crippen LogP contribution in [-0.4, -0.2) is 18.6 Å². The van der Waals surface area contributed by atoms with Crippen molar-refractivity contribution in [3.05, 3.63) is 44.9 Å². The van der Waals surface area contributed by atoms with E-state index in [1.165, 1.54) is 10.4 Å². The first-order chi connectivity index (χ1) is 9.61. The fourth-order valence-electron chi connectivity index (χ4n) is 1.93. The molecule has 1 aromatic carbocycles. The molecule has 0 fully saturated rings. The summed E-state index contributed by atoms with van der Waals surface area (Å²) in [5.74, 6) is 0. The molecule has 0 atom stereocenters. The van der Waals surface area contributed by atoms with Crippen molar-refractivity contribution in [2.45, 2.75) is 26.9 Å². The highest BCUT2D eigenvalue weighted by Gasteiger charge is 2.12. The van der Waals surface area contributed by atoms with Gasteiger partial charge in [-0.3, -0.25) is 0 Å². The minimum Gasteiger partial charge on any atom is -0.347 e. The van der Waals surface area contributed by atoms with Crippen molar-refractivity contribution in [3.63, 3.8) is 0 Å². The summed E-state index contributed by atoms with van der Waals surface area (Å²) in [6.45, 7) is 6.95. The van der Waals surface area contributed by atoms with Crippen molar-refractivity contribution in [3.8, 4) is 0 Å². The lowest BCUT2D eigenvalue weighted by Gasteiger charge is -2.16. The number of halogens is 1. The predicted molar refractivity (Wildman–Crippen MR) is 90.5 cm³/mol. The molecular formula is C15H20BrN3S. The van der Waals surface area contributed by atoms with Gasteiger partial charge in [0.15, 0.2) is 5.13 Å². The number of rotatable bonds is 6. The van der Waals surface area contributed by atoms with E-state index in [0.717, 1.165) is 34.9 Å². The summed E-state index contributed by atoms with van der Waals surface area (Å²) in [6, 6.07) is 8.32. The summed E-state index contributed by atoms with van der Waals surface area (Å²) in [5.41, 5.74) is 2.40. The second-order valence-corrected chi connectivity index (χ2v) is 6.65. The Morgan fingerprint density at radius 1 is 1.35 bits per heavy atom. The van der Waals surface area contributed by atoms with E-state index >= 15 is 0 Å². The molecule has 0 unspecified atom stereocenters. The minimum absolute atomic E-state index is 0.856. The van der Waals surface area contributed by atoms with Crippen LogP contribution in [-0.2, 0) is 13.1 Å². The summed E-state index contributed by atoms with van der Waals surface area (Å²) in [5, 5.41) is 4.44. The lowest BCUT2D eigenvalue weighted by Crippen LogP contribution is -2.16. The van der Waals surface area contributed by atoms with Crippen molar-refractivity contribution in [2.24, 2.45) is 0 Å². The average Bonchev–Trinajstić information content (AvgIpc) is 2.80. The standard InChI is InChI=1S/C15H20BrN3S/c1-4-17-9-14-11(2)18-15(20-14)19(3)10-12-7-5-6-8-13(12)16/h5-8,17H,4,9-10H2,1-3H3. The zero-order valence-electron chi connectivity index (χ0n) is 12.1. The number of thiazole rings is 1. The van der Waals surface area contributed by atoms with Gasteiger partial charge < -0.3 is 10.2 Å². The van der Waals surface area contributed by atoms with E-state index in [-0.39, 0.29) is 0 Å². The monoisotopic (exact) mass is 353 g/mol. The highest BCUT2D eigenvalue weighted by atomic mass is 79.9. The summed E-state index contributed by atoms with van der Waals surface area (Å²) in [6.07, 6.45) is 0. The van der Waals surface area contributed by atoms with Gasteiger partial charge in [-0.15, -0.1) is 11.3 Å². The molecule has 2 aromatic rings. The van der Waals surface area contributed by atoms with Crippen LogP contribution in [0.4, 0.5) is 5.13 Å². The SMILES string of the molecule is CCNCc1sc(N(C)Cc2ccccc2Br)nc1C. The third-order valence-corrected chi connectivity index (χ3v) is 5.15. The first-order valence-electron chi connectivity index (χ1n) is 6.73. The maximum atomic E-state index is 4.68. The van der Waals surface area contributed by atoms with Crippen molar-refractivity contribution in [1.82, 2.24) is 10.3 Å². The van der Waals surface area contributed by atoms with E-state index in [9.17, 15) is 0 Å². The van der Waals surface area contributed by atoms with Gasteiger partial charge in [-0.25, -0.2) is 4.98 Å². The van der Waals surface area contributed by atoms with E-state index in [1.54, 1.807) is 11.3 Å². The Bertz CT molecular complexity index is 568. The molecule has 5 heteroatoms. The molecule has 0 aliphatic heterocycles. The Labute approximate surface area is 133 Å². The van der Waals surface area contributed by atoms with Gasteiger partial charge in [-0.05, 0) is 25.1 Å². The first-order valence-corrected chi connectivity index (χ1v) is 8.34. The van der Waals surface area contributed by atoms with Crippen LogP contribution < -0.4 is 10.2 Å². The predicted octanol–water partition coefficient (Wildman–Crippen LogP) is 3.96. The number of hydrogen-bond acceptors (Lipinski definition) is 4. The molecular weight excluding hydrogens is 334 g/mol. The molecule has 3 nitrogen and oxygen atoms in total. The molecule has 20 heavy (non-hydrogen) atoms. The molecule has 0 bridgehead atoms. The van der Waals surface area contributed by atoms with Crippen molar-refractivity contribution < 1.29 is 0 Å². The zero-order valence-corrected chi connectivity index (χ0v) is 14.5. The maximum absolute atomic E-state index is 4.68. The molecule has 1 N–H and O–H groups in total. The largest absolute Gasteiger partial charge is 0.347 e. The lowest BCUT2D eigenvalue weighted by molar-refractivity contribution is 0.731. The van der Waals surface area contributed by atoms with Crippen molar-refractivity contribution in [1.29, 1.82) is 0 Å². The van der Waals surface area contributed by atoms with Crippen LogP contribution in [0.1, 0.15) is 23.1 Å². The molecule has 0 radical (unpaired) electrons. The number of benzene rings is 1. The molecule has 0 saturated heterocycles. The van der Waals surface area contributed by atoms with Crippen LogP contribution in [0.5, 0.6) is 0 Å². The maximum Gasteiger partial charge on any atom is 0.185 e. The third-order valence-electron chi connectivity index (χ3n) is 3.11. The quantitative estimate of drug-likeness (QED) is 0.851. The molecule has 1 aromatic heterocycles. The fraction of sp³-hybridized carbons (Fsp3) is 0.400. The van der Waals surface area contributed by atoms with E-state index in [0.29, 0.717) is 0 Å². The highest BCUT2D eigenvalue weighted by molar-refractivity contribution is 9.10. The zero-order chi connectivity index (χ0) is 14.5. The molecule has 108 valence electrons. The molecule has 0 saturated carbocycles. The van der Waals surface area contributed by atoms with Gasteiger partial charge in [0.2, 0.25) is 0 Å². The lowest BCUT2D eigenvalue weighted by atomic mass is 10.2.